The van der Waals surface area contributed by atoms with Crippen LogP contribution in [0.1, 0.15) is 0 Å². The van der Waals surface area contributed by atoms with Crippen molar-refractivity contribution in [2.45, 2.75) is 4.90 Å². The topological polar surface area (TPSA) is 83.9 Å². The highest BCUT2D eigenvalue weighted by molar-refractivity contribution is 8.39. The van der Waals surface area contributed by atoms with Gasteiger partial charge in [0.15, 0.2) is 0 Å². The first-order chi connectivity index (χ1) is 10.1. The van der Waals surface area contributed by atoms with E-state index in [1.807, 2.05) is 0 Å². The number of hydrogen-bond donors (Lipinski definition) is 0. The predicted molar refractivity (Wildman–Crippen MR) is 92.7 cm³/mol. The van der Waals surface area contributed by atoms with Gasteiger partial charge < -0.3 is 0 Å². The van der Waals surface area contributed by atoms with Crippen molar-refractivity contribution in [2.24, 2.45) is 4.40 Å². The number of halogens is 2. The first-order valence-electron chi connectivity index (χ1n) is 5.60. The van der Waals surface area contributed by atoms with Crippen molar-refractivity contribution in [3.63, 3.8) is 0 Å². The van der Waals surface area contributed by atoms with Crippen LogP contribution in [0.15, 0.2) is 27.5 Å². The number of rotatable bonds is 3. The molecular formula is C10H10Cl2N2O4S4. The lowest BCUT2D eigenvalue weighted by Gasteiger charge is -2.23. The lowest BCUT2D eigenvalue weighted by atomic mass is 10.4. The molecule has 0 radical (unpaired) electrons. The molecule has 0 unspecified atom stereocenters. The Morgan fingerprint density at radius 3 is 2.18 bits per heavy atom. The van der Waals surface area contributed by atoms with E-state index in [0.717, 1.165) is 29.8 Å². The van der Waals surface area contributed by atoms with Crippen LogP contribution in [-0.2, 0) is 20.0 Å². The molecule has 6 nitrogen and oxygen atoms in total. The van der Waals surface area contributed by atoms with Crippen LogP contribution >= 0.6 is 46.7 Å². The summed E-state index contributed by atoms with van der Waals surface area (Å²) in [6.45, 7) is 0. The Morgan fingerprint density at radius 2 is 1.68 bits per heavy atom. The minimum atomic E-state index is -3.92. The van der Waals surface area contributed by atoms with E-state index in [2.05, 4.69) is 4.40 Å². The number of benzene rings is 1. The lowest BCUT2D eigenvalue weighted by Crippen LogP contribution is -2.32. The first-order valence-corrected chi connectivity index (χ1v) is 11.6. The molecule has 2 rings (SSSR count). The summed E-state index contributed by atoms with van der Waals surface area (Å²) in [6, 6.07) is 3.92. The molecule has 22 heavy (non-hydrogen) atoms. The molecule has 1 aromatic carbocycles. The maximum absolute atomic E-state index is 12.2. The fourth-order valence-corrected chi connectivity index (χ4v) is 6.85. The molecule has 12 heteroatoms. The van der Waals surface area contributed by atoms with Gasteiger partial charge in [0.25, 0.3) is 10.0 Å². The monoisotopic (exact) mass is 420 g/mol. The van der Waals surface area contributed by atoms with Crippen molar-refractivity contribution >= 4 is 71.1 Å². The number of sulfonamides is 2. The Labute approximate surface area is 147 Å². The largest absolute Gasteiger partial charge is 0.283 e. The van der Waals surface area contributed by atoms with Crippen molar-refractivity contribution in [3.05, 3.63) is 28.2 Å². The normalized spacial score (nSPS) is 17.5. The van der Waals surface area contributed by atoms with E-state index in [-0.39, 0.29) is 31.1 Å². The second-order valence-corrected chi connectivity index (χ2v) is 10.7. The number of nitrogens with zero attached hydrogens (tertiary/aromatic N) is 2. The average molecular weight is 421 g/mol. The van der Waals surface area contributed by atoms with Gasteiger partial charge in [-0.1, -0.05) is 46.7 Å². The van der Waals surface area contributed by atoms with Crippen LogP contribution in [0.3, 0.4) is 0 Å². The van der Waals surface area contributed by atoms with Crippen molar-refractivity contribution in [3.8, 4) is 0 Å². The van der Waals surface area contributed by atoms with Crippen molar-refractivity contribution in [2.75, 3.05) is 18.0 Å². The van der Waals surface area contributed by atoms with Crippen molar-refractivity contribution < 1.29 is 16.8 Å². The SMILES string of the molecule is CS(=O)(=O)N1CSC(=NS(=O)(=O)c2ccc(Cl)c(Cl)c2)SC1. The zero-order valence-corrected chi connectivity index (χ0v) is 15.8. The molecule has 1 aliphatic rings. The molecule has 0 atom stereocenters. The molecule has 0 aliphatic carbocycles. The number of thioether (sulfide) groups is 2. The van der Waals surface area contributed by atoms with Crippen molar-refractivity contribution in [1.29, 1.82) is 0 Å². The second kappa shape index (κ2) is 6.88. The molecule has 0 aromatic heterocycles. The third kappa shape index (κ3) is 4.53. The van der Waals surface area contributed by atoms with Gasteiger partial charge in [-0.05, 0) is 18.2 Å². The molecule has 0 amide bonds. The summed E-state index contributed by atoms with van der Waals surface area (Å²) in [4.78, 5) is -0.0684. The zero-order chi connectivity index (χ0) is 16.5. The van der Waals surface area contributed by atoms with Crippen molar-refractivity contribution in [1.82, 2.24) is 4.31 Å². The molecule has 0 N–H and O–H groups in total. The third-order valence-corrected chi connectivity index (χ3v) is 8.55. The molecule has 1 fully saturated rings. The van der Waals surface area contributed by atoms with E-state index < -0.39 is 20.0 Å². The molecule has 1 aromatic rings. The Hall–Kier alpha value is 0.0300. The Kier molecular flexibility index (Phi) is 5.74. The highest BCUT2D eigenvalue weighted by atomic mass is 35.5. The van der Waals surface area contributed by atoms with Gasteiger partial charge in [-0.3, -0.25) is 0 Å². The lowest BCUT2D eigenvalue weighted by molar-refractivity contribution is 0.511. The Morgan fingerprint density at radius 1 is 1.09 bits per heavy atom. The van der Waals surface area contributed by atoms with Crippen LogP contribution in [0.25, 0.3) is 0 Å². The molecule has 0 saturated carbocycles. The highest BCUT2D eigenvalue weighted by Crippen LogP contribution is 2.30. The zero-order valence-electron chi connectivity index (χ0n) is 11.1. The van der Waals surface area contributed by atoms with Crippen LogP contribution in [0.4, 0.5) is 0 Å². The van der Waals surface area contributed by atoms with Gasteiger partial charge in [0.05, 0.1) is 33.0 Å². The van der Waals surface area contributed by atoms with Gasteiger partial charge in [-0.25, -0.2) is 8.42 Å². The molecule has 0 spiro atoms. The standard InChI is InChI=1S/C10H10Cl2N2O4S4/c1-21(15,16)14-5-19-10(20-6-14)13-22(17,18)7-2-3-8(11)9(12)4-7/h2-4H,5-6H2,1H3. The van der Waals surface area contributed by atoms with Crippen LogP contribution < -0.4 is 0 Å². The van der Waals surface area contributed by atoms with Gasteiger partial charge in [0.2, 0.25) is 10.0 Å². The van der Waals surface area contributed by atoms with Gasteiger partial charge in [-0.2, -0.15) is 12.7 Å². The molecule has 1 heterocycles. The highest BCUT2D eigenvalue weighted by Gasteiger charge is 2.25. The van der Waals surface area contributed by atoms with Crippen LogP contribution in [-0.4, -0.2) is 43.5 Å². The van der Waals surface area contributed by atoms with E-state index in [0.29, 0.717) is 0 Å². The summed E-state index contributed by atoms with van der Waals surface area (Å²) >= 11 is 13.6. The average Bonchev–Trinajstić information content (AvgIpc) is 2.41. The van der Waals surface area contributed by atoms with Crippen LogP contribution in [0.2, 0.25) is 10.0 Å². The summed E-state index contributed by atoms with van der Waals surface area (Å²) in [6.07, 6.45) is 1.10. The van der Waals surface area contributed by atoms with Gasteiger partial charge in [-0.15, -0.1) is 4.40 Å². The van der Waals surface area contributed by atoms with E-state index >= 15 is 0 Å². The van der Waals surface area contributed by atoms with E-state index in [4.69, 9.17) is 23.2 Å². The minimum absolute atomic E-state index is 0.0684. The third-order valence-electron chi connectivity index (χ3n) is 2.52. The van der Waals surface area contributed by atoms with Crippen LogP contribution in [0, 0.1) is 0 Å². The van der Waals surface area contributed by atoms with Gasteiger partial charge in [0.1, 0.15) is 4.38 Å². The minimum Gasteiger partial charge on any atom is -0.212 e. The predicted octanol–water partition coefficient (Wildman–Crippen LogP) is 2.69. The second-order valence-electron chi connectivity index (χ2n) is 4.17. The summed E-state index contributed by atoms with van der Waals surface area (Å²) in [5.41, 5.74) is 0. The Balaban J connectivity index is 2.20. The summed E-state index contributed by atoms with van der Waals surface area (Å²) < 4.78 is 52.4. The summed E-state index contributed by atoms with van der Waals surface area (Å²) in [7, 11) is -7.22. The first kappa shape index (κ1) is 18.4. The van der Waals surface area contributed by atoms with Crippen LogP contribution in [0.5, 0.6) is 0 Å². The quantitative estimate of drug-likeness (QED) is 0.746. The molecule has 0 bridgehead atoms. The molecule has 122 valence electrons. The van der Waals surface area contributed by atoms with Gasteiger partial charge >= 0.3 is 0 Å². The fraction of sp³-hybridized carbons (Fsp3) is 0.300. The van der Waals surface area contributed by atoms with E-state index in [1.165, 1.54) is 22.5 Å². The molecule has 1 aliphatic heterocycles. The molecule has 1 saturated heterocycles. The smallest absolute Gasteiger partial charge is 0.212 e. The maximum atomic E-state index is 12.2. The Bertz CT molecular complexity index is 813. The van der Waals surface area contributed by atoms with E-state index in [9.17, 15) is 16.8 Å². The summed E-state index contributed by atoms with van der Waals surface area (Å²) in [5, 5.41) is 0.369. The fourth-order valence-electron chi connectivity index (χ4n) is 1.37. The summed E-state index contributed by atoms with van der Waals surface area (Å²) in [5.74, 6) is 0.253. The maximum Gasteiger partial charge on any atom is 0.283 e. The molecular weight excluding hydrogens is 411 g/mol. The number of hydrogen-bond acceptors (Lipinski definition) is 6. The van der Waals surface area contributed by atoms with Gasteiger partial charge in [0, 0.05) is 0 Å². The van der Waals surface area contributed by atoms with E-state index in [1.54, 1.807) is 0 Å².